The fraction of sp³-hybridized carbons (Fsp3) is 0.462. The molecule has 6 rings (SSSR count). The van der Waals surface area contributed by atoms with Crippen molar-refractivity contribution in [2.45, 2.75) is 44.3 Å². The highest BCUT2D eigenvalue weighted by atomic mass is 32.2. The Bertz CT molecular complexity index is 1470. The SMILES string of the molecule is Cc1ccc(-c2cc(-c3ccc4c(c3)C[C@@H]3CC[C@H](C4)[C@]34CN(CC(F)(F)F)S(=O)(=O)N4)nn2C)nc1. The first kappa shape index (κ1) is 24.6. The Morgan fingerprint density at radius 2 is 1.78 bits per heavy atom. The summed E-state index contributed by atoms with van der Waals surface area (Å²) in [4.78, 5) is 4.51. The van der Waals surface area contributed by atoms with Crippen LogP contribution in [0.25, 0.3) is 22.6 Å². The lowest BCUT2D eigenvalue weighted by atomic mass is 9.79. The van der Waals surface area contributed by atoms with E-state index < -0.39 is 28.5 Å². The van der Waals surface area contributed by atoms with Crippen LogP contribution in [0.4, 0.5) is 13.2 Å². The van der Waals surface area contributed by atoms with Gasteiger partial charge in [-0.1, -0.05) is 18.2 Å². The predicted octanol–water partition coefficient (Wildman–Crippen LogP) is 4.03. The molecule has 1 aliphatic heterocycles. The maximum absolute atomic E-state index is 13.1. The van der Waals surface area contributed by atoms with Crippen molar-refractivity contribution in [1.82, 2.24) is 23.8 Å². The zero-order valence-corrected chi connectivity index (χ0v) is 21.4. The van der Waals surface area contributed by atoms with E-state index in [1.54, 1.807) is 4.68 Å². The second kappa shape index (κ2) is 8.37. The molecule has 0 radical (unpaired) electrons. The molecule has 0 amide bonds. The Balaban J connectivity index is 1.31. The first-order chi connectivity index (χ1) is 17.4. The summed E-state index contributed by atoms with van der Waals surface area (Å²) in [7, 11) is -2.31. The van der Waals surface area contributed by atoms with E-state index in [1.165, 1.54) is 0 Å². The zero-order valence-electron chi connectivity index (χ0n) is 20.6. The smallest absolute Gasteiger partial charge is 0.266 e. The normalized spacial score (nSPS) is 26.9. The minimum Gasteiger partial charge on any atom is -0.266 e. The van der Waals surface area contributed by atoms with Gasteiger partial charge in [-0.25, -0.2) is 0 Å². The molecule has 3 aliphatic rings. The van der Waals surface area contributed by atoms with Gasteiger partial charge in [-0.2, -0.15) is 35.7 Å². The first-order valence-corrected chi connectivity index (χ1v) is 13.8. The first-order valence-electron chi connectivity index (χ1n) is 12.4. The number of aromatic nitrogens is 3. The fourth-order valence-corrected chi connectivity index (χ4v) is 8.18. The number of hydrogen-bond acceptors (Lipinski definition) is 4. The van der Waals surface area contributed by atoms with Crippen LogP contribution >= 0.6 is 0 Å². The molecule has 0 unspecified atom stereocenters. The van der Waals surface area contributed by atoms with E-state index in [9.17, 15) is 21.6 Å². The number of benzene rings is 1. The average Bonchev–Trinajstić information content (AvgIpc) is 3.38. The van der Waals surface area contributed by atoms with Crippen molar-refractivity contribution in [3.05, 3.63) is 59.3 Å². The molecule has 1 saturated carbocycles. The summed E-state index contributed by atoms with van der Waals surface area (Å²) in [6, 6.07) is 12.2. The molecule has 1 saturated heterocycles. The molecule has 2 bridgehead atoms. The summed E-state index contributed by atoms with van der Waals surface area (Å²) in [5.41, 5.74) is 5.92. The Kier molecular flexibility index (Phi) is 5.56. The number of hydrogen-bond donors (Lipinski definition) is 1. The summed E-state index contributed by atoms with van der Waals surface area (Å²) in [5.74, 6) is -0.121. The van der Waals surface area contributed by atoms with Crippen LogP contribution in [0.3, 0.4) is 0 Å². The standard InChI is InChI=1S/C26H28F3N5O2S/c1-16-3-8-22(30-13-16)24-12-23(31-33(24)2)18-5-4-17-10-20-6-7-21(11-19(17)9-18)25(20)14-34(15-26(27,28)29)37(35,36)32-25/h3-5,8-9,12-13,20-21,32H,6-7,10-11,14-15H2,1-2H3/t20-,21+,25-/m1/s1. The lowest BCUT2D eigenvalue weighted by Gasteiger charge is -2.33. The van der Waals surface area contributed by atoms with Crippen molar-refractivity contribution in [3.63, 3.8) is 0 Å². The Morgan fingerprint density at radius 1 is 1.05 bits per heavy atom. The Labute approximate surface area is 213 Å². The van der Waals surface area contributed by atoms with Crippen LogP contribution in [0.15, 0.2) is 42.6 Å². The van der Waals surface area contributed by atoms with Crippen LogP contribution in [0.2, 0.25) is 0 Å². The molecule has 11 heteroatoms. The van der Waals surface area contributed by atoms with E-state index in [0.29, 0.717) is 17.1 Å². The van der Waals surface area contributed by atoms with E-state index >= 15 is 0 Å². The number of halogens is 3. The second-order valence-electron chi connectivity index (χ2n) is 10.7. The third-order valence-corrected chi connectivity index (χ3v) is 9.84. The third kappa shape index (κ3) is 4.26. The summed E-state index contributed by atoms with van der Waals surface area (Å²) in [6.45, 7) is 0.388. The van der Waals surface area contributed by atoms with E-state index in [0.717, 1.165) is 52.2 Å². The molecule has 1 aromatic carbocycles. The summed E-state index contributed by atoms with van der Waals surface area (Å²) in [6.07, 6.45) is 0.0569. The van der Waals surface area contributed by atoms with Gasteiger partial charge in [-0.05, 0) is 79.3 Å². The van der Waals surface area contributed by atoms with Gasteiger partial charge in [0.25, 0.3) is 10.2 Å². The lowest BCUT2D eigenvalue weighted by Crippen LogP contribution is -2.52. The quantitative estimate of drug-likeness (QED) is 0.554. The molecular formula is C26H28F3N5O2S. The monoisotopic (exact) mass is 531 g/mol. The summed E-state index contributed by atoms with van der Waals surface area (Å²) < 4.78 is 69.9. The van der Waals surface area contributed by atoms with E-state index in [2.05, 4.69) is 21.8 Å². The van der Waals surface area contributed by atoms with Crippen LogP contribution < -0.4 is 4.72 Å². The fourth-order valence-electron chi connectivity index (χ4n) is 6.47. The van der Waals surface area contributed by atoms with Crippen LogP contribution in [0.1, 0.15) is 29.5 Å². The second-order valence-corrected chi connectivity index (χ2v) is 12.3. The van der Waals surface area contributed by atoms with Crippen molar-refractivity contribution in [3.8, 4) is 22.6 Å². The van der Waals surface area contributed by atoms with Gasteiger partial charge in [0.2, 0.25) is 0 Å². The molecule has 3 aromatic rings. The number of fused-ring (bicyclic) bond motifs is 1. The molecule has 3 heterocycles. The minimum absolute atomic E-state index is 0.0494. The van der Waals surface area contributed by atoms with Gasteiger partial charge in [0, 0.05) is 25.4 Å². The van der Waals surface area contributed by atoms with Gasteiger partial charge in [-0.3, -0.25) is 9.67 Å². The molecule has 3 atom stereocenters. The number of nitrogens with zero attached hydrogens (tertiary/aromatic N) is 4. The minimum atomic E-state index is -4.59. The van der Waals surface area contributed by atoms with Crippen molar-refractivity contribution in [1.29, 1.82) is 0 Å². The molecule has 7 nitrogen and oxygen atoms in total. The lowest BCUT2D eigenvalue weighted by molar-refractivity contribution is -0.136. The number of aryl methyl sites for hydroxylation is 2. The molecule has 2 aliphatic carbocycles. The molecule has 37 heavy (non-hydrogen) atoms. The molecule has 2 fully saturated rings. The van der Waals surface area contributed by atoms with Gasteiger partial charge < -0.3 is 0 Å². The van der Waals surface area contributed by atoms with Crippen molar-refractivity contribution >= 4 is 10.2 Å². The number of nitrogens with one attached hydrogen (secondary N) is 1. The maximum atomic E-state index is 13.1. The van der Waals surface area contributed by atoms with Gasteiger partial charge in [0.1, 0.15) is 6.54 Å². The van der Waals surface area contributed by atoms with E-state index in [1.807, 2.05) is 44.4 Å². The van der Waals surface area contributed by atoms with Gasteiger partial charge in [0.05, 0.1) is 22.6 Å². The third-order valence-electron chi connectivity index (χ3n) is 8.26. The number of pyridine rings is 1. The number of rotatable bonds is 3. The van der Waals surface area contributed by atoms with E-state index in [4.69, 9.17) is 5.10 Å². The zero-order chi connectivity index (χ0) is 26.2. The van der Waals surface area contributed by atoms with Gasteiger partial charge in [-0.15, -0.1) is 0 Å². The summed E-state index contributed by atoms with van der Waals surface area (Å²) in [5, 5.41) is 4.71. The highest BCUT2D eigenvalue weighted by Crippen LogP contribution is 2.50. The number of alkyl halides is 3. The molecule has 196 valence electrons. The maximum Gasteiger partial charge on any atom is 0.402 e. The molecule has 1 spiro atoms. The Morgan fingerprint density at radius 3 is 2.46 bits per heavy atom. The molecule has 1 N–H and O–H groups in total. The predicted molar refractivity (Wildman–Crippen MR) is 133 cm³/mol. The summed E-state index contributed by atoms with van der Waals surface area (Å²) >= 11 is 0. The van der Waals surface area contributed by atoms with Crippen LogP contribution in [0, 0.1) is 18.8 Å². The topological polar surface area (TPSA) is 80.1 Å². The van der Waals surface area contributed by atoms with Crippen molar-refractivity contribution in [2.75, 3.05) is 13.1 Å². The van der Waals surface area contributed by atoms with E-state index in [-0.39, 0.29) is 18.4 Å². The van der Waals surface area contributed by atoms with Crippen LogP contribution in [-0.4, -0.2) is 52.3 Å². The van der Waals surface area contributed by atoms with Gasteiger partial charge >= 0.3 is 6.18 Å². The van der Waals surface area contributed by atoms with Crippen molar-refractivity contribution in [2.24, 2.45) is 18.9 Å². The molecular weight excluding hydrogens is 503 g/mol. The average molecular weight is 532 g/mol. The molecule has 2 aromatic heterocycles. The highest BCUT2D eigenvalue weighted by molar-refractivity contribution is 7.87. The highest BCUT2D eigenvalue weighted by Gasteiger charge is 2.60. The van der Waals surface area contributed by atoms with Crippen LogP contribution in [-0.2, 0) is 30.1 Å². The van der Waals surface area contributed by atoms with Crippen LogP contribution in [0.5, 0.6) is 0 Å². The van der Waals surface area contributed by atoms with Gasteiger partial charge in [0.15, 0.2) is 0 Å². The Hall–Kier alpha value is -2.76. The van der Waals surface area contributed by atoms with Crippen molar-refractivity contribution < 1.29 is 21.6 Å². The largest absolute Gasteiger partial charge is 0.402 e.